The van der Waals surface area contributed by atoms with Crippen LogP contribution in [-0.2, 0) is 0 Å². The highest BCUT2D eigenvalue weighted by Gasteiger charge is 2.38. The number of anilines is 1. The van der Waals surface area contributed by atoms with Crippen LogP contribution in [0.25, 0.3) is 11.3 Å². The van der Waals surface area contributed by atoms with Crippen molar-refractivity contribution < 1.29 is 27.1 Å². The maximum Gasteiger partial charge on any atom is 0.395 e. The average Bonchev–Trinajstić information content (AvgIpc) is 2.96. The standard InChI is InChI=1S/C13H12ClF5N4O/c14-11-3-10(20-4-7(6-24)13(17,18)19)8(5-21-11)9-1-2-23(22-9)12(15)16/h1-3,5,7,12,24H,4,6H2,(H,20,21). The summed E-state index contributed by atoms with van der Waals surface area (Å²) in [5.41, 5.74) is 0.435. The number of nitrogens with zero attached hydrogens (tertiary/aromatic N) is 3. The number of nitrogens with one attached hydrogen (secondary N) is 1. The highest BCUT2D eigenvalue weighted by atomic mass is 35.5. The largest absolute Gasteiger partial charge is 0.396 e. The van der Waals surface area contributed by atoms with Crippen LogP contribution in [0, 0.1) is 5.92 Å². The Morgan fingerprint density at radius 1 is 1.33 bits per heavy atom. The fraction of sp³-hybridized carbons (Fsp3) is 0.385. The SMILES string of the molecule is OCC(CNc1cc(Cl)ncc1-c1ccn(C(F)F)n1)C(F)(F)F. The number of rotatable bonds is 6. The van der Waals surface area contributed by atoms with Crippen molar-refractivity contribution in [3.05, 3.63) is 29.7 Å². The van der Waals surface area contributed by atoms with Gasteiger partial charge in [-0.1, -0.05) is 11.6 Å². The third-order valence-electron chi connectivity index (χ3n) is 3.18. The average molecular weight is 371 g/mol. The molecule has 0 aliphatic rings. The fourth-order valence-corrected chi connectivity index (χ4v) is 2.05. The zero-order valence-corrected chi connectivity index (χ0v) is 12.7. The van der Waals surface area contributed by atoms with Gasteiger partial charge in [0.25, 0.3) is 0 Å². The predicted molar refractivity (Wildman–Crippen MR) is 76.8 cm³/mol. The van der Waals surface area contributed by atoms with Crippen LogP contribution in [0.5, 0.6) is 0 Å². The minimum Gasteiger partial charge on any atom is -0.396 e. The minimum absolute atomic E-state index is 0.00194. The Balaban J connectivity index is 2.27. The zero-order chi connectivity index (χ0) is 17.9. The number of pyridine rings is 1. The van der Waals surface area contributed by atoms with E-state index in [9.17, 15) is 22.0 Å². The van der Waals surface area contributed by atoms with E-state index in [1.807, 2.05) is 0 Å². The third kappa shape index (κ3) is 4.32. The van der Waals surface area contributed by atoms with E-state index in [-0.39, 0.29) is 22.1 Å². The Kier molecular flexibility index (Phi) is 5.60. The molecule has 11 heteroatoms. The Hall–Kier alpha value is -1.94. The fourth-order valence-electron chi connectivity index (χ4n) is 1.89. The molecule has 2 rings (SSSR count). The van der Waals surface area contributed by atoms with Crippen molar-refractivity contribution in [2.45, 2.75) is 12.7 Å². The first-order chi connectivity index (χ1) is 11.2. The summed E-state index contributed by atoms with van der Waals surface area (Å²) in [5, 5.41) is 15.0. The van der Waals surface area contributed by atoms with E-state index < -0.39 is 31.8 Å². The first-order valence-electron chi connectivity index (χ1n) is 6.63. The van der Waals surface area contributed by atoms with Crippen molar-refractivity contribution >= 4 is 17.3 Å². The van der Waals surface area contributed by atoms with E-state index in [1.165, 1.54) is 18.3 Å². The van der Waals surface area contributed by atoms with Crippen LogP contribution in [0.1, 0.15) is 6.55 Å². The molecule has 2 N–H and O–H groups in total. The van der Waals surface area contributed by atoms with E-state index in [0.717, 1.165) is 6.20 Å². The molecule has 1 atom stereocenters. The summed E-state index contributed by atoms with van der Waals surface area (Å²) in [4.78, 5) is 3.78. The molecular weight excluding hydrogens is 359 g/mol. The van der Waals surface area contributed by atoms with Crippen LogP contribution in [0.2, 0.25) is 5.15 Å². The molecule has 0 radical (unpaired) electrons. The molecule has 2 heterocycles. The second-order valence-electron chi connectivity index (χ2n) is 4.81. The molecule has 0 fully saturated rings. The lowest BCUT2D eigenvalue weighted by Gasteiger charge is -2.20. The number of hydrogen-bond donors (Lipinski definition) is 2. The number of halogens is 6. The van der Waals surface area contributed by atoms with E-state index in [1.54, 1.807) is 0 Å². The molecule has 0 saturated heterocycles. The van der Waals surface area contributed by atoms with Crippen LogP contribution in [0.3, 0.4) is 0 Å². The second kappa shape index (κ2) is 7.31. The number of aromatic nitrogens is 3. The lowest BCUT2D eigenvalue weighted by atomic mass is 10.1. The lowest BCUT2D eigenvalue weighted by Crippen LogP contribution is -2.32. The van der Waals surface area contributed by atoms with Crippen molar-refractivity contribution in [1.29, 1.82) is 0 Å². The molecular formula is C13H12ClF5N4O. The maximum atomic E-state index is 12.7. The lowest BCUT2D eigenvalue weighted by molar-refractivity contribution is -0.179. The van der Waals surface area contributed by atoms with Gasteiger partial charge in [0.1, 0.15) is 5.15 Å². The highest BCUT2D eigenvalue weighted by molar-refractivity contribution is 6.29. The van der Waals surface area contributed by atoms with Gasteiger partial charge in [0.15, 0.2) is 0 Å². The molecule has 2 aromatic rings. The molecule has 24 heavy (non-hydrogen) atoms. The van der Waals surface area contributed by atoms with E-state index in [0.29, 0.717) is 4.68 Å². The molecule has 0 aliphatic heterocycles. The predicted octanol–water partition coefficient (Wildman–Crippen LogP) is 3.58. The molecule has 0 aliphatic carbocycles. The molecule has 1 unspecified atom stereocenters. The van der Waals surface area contributed by atoms with Gasteiger partial charge in [-0.25, -0.2) is 9.67 Å². The van der Waals surface area contributed by atoms with E-state index >= 15 is 0 Å². The number of aliphatic hydroxyl groups is 1. The topological polar surface area (TPSA) is 63.0 Å². The number of hydrogen-bond acceptors (Lipinski definition) is 4. The monoisotopic (exact) mass is 370 g/mol. The normalized spacial score (nSPS) is 13.3. The van der Waals surface area contributed by atoms with Crippen LogP contribution in [-0.4, -0.2) is 39.2 Å². The Morgan fingerprint density at radius 3 is 2.58 bits per heavy atom. The molecule has 0 saturated carbocycles. The third-order valence-corrected chi connectivity index (χ3v) is 3.38. The van der Waals surface area contributed by atoms with Gasteiger partial charge in [-0.3, -0.25) is 0 Å². The molecule has 0 amide bonds. The van der Waals surface area contributed by atoms with Crippen LogP contribution in [0.4, 0.5) is 27.6 Å². The summed E-state index contributed by atoms with van der Waals surface area (Å²) in [6, 6.07) is 2.53. The molecule has 0 bridgehead atoms. The number of aliphatic hydroxyl groups excluding tert-OH is 1. The van der Waals surface area contributed by atoms with Crippen molar-refractivity contribution in [3.63, 3.8) is 0 Å². The van der Waals surface area contributed by atoms with Gasteiger partial charge in [0.2, 0.25) is 0 Å². The first-order valence-corrected chi connectivity index (χ1v) is 7.01. The molecule has 5 nitrogen and oxygen atoms in total. The van der Waals surface area contributed by atoms with Gasteiger partial charge in [0, 0.05) is 30.2 Å². The van der Waals surface area contributed by atoms with Gasteiger partial charge in [-0.2, -0.15) is 27.1 Å². The summed E-state index contributed by atoms with van der Waals surface area (Å²) < 4.78 is 63.6. The van der Waals surface area contributed by atoms with Gasteiger partial charge >= 0.3 is 12.7 Å². The Bertz CT molecular complexity index is 691. The smallest absolute Gasteiger partial charge is 0.395 e. The van der Waals surface area contributed by atoms with Crippen LogP contribution < -0.4 is 5.32 Å². The van der Waals surface area contributed by atoms with Gasteiger partial charge in [0.05, 0.1) is 18.2 Å². The highest BCUT2D eigenvalue weighted by Crippen LogP contribution is 2.31. The van der Waals surface area contributed by atoms with Crippen molar-refractivity contribution in [3.8, 4) is 11.3 Å². The summed E-state index contributed by atoms with van der Waals surface area (Å²) >= 11 is 5.73. The molecule has 132 valence electrons. The van der Waals surface area contributed by atoms with E-state index in [4.69, 9.17) is 16.7 Å². The van der Waals surface area contributed by atoms with Gasteiger partial charge in [-0.15, -0.1) is 0 Å². The Labute approximate surface area is 138 Å². The minimum atomic E-state index is -4.59. The summed E-state index contributed by atoms with van der Waals surface area (Å²) in [7, 11) is 0. The quantitative estimate of drug-likeness (QED) is 0.602. The van der Waals surface area contributed by atoms with Gasteiger partial charge in [-0.05, 0) is 12.1 Å². The molecule has 0 spiro atoms. The van der Waals surface area contributed by atoms with Crippen LogP contribution >= 0.6 is 11.6 Å². The number of alkyl halides is 5. The summed E-state index contributed by atoms with van der Waals surface area (Å²) in [6.45, 7) is -4.56. The zero-order valence-electron chi connectivity index (χ0n) is 11.9. The summed E-state index contributed by atoms with van der Waals surface area (Å²) in [5.74, 6) is -1.99. The Morgan fingerprint density at radius 2 is 2.04 bits per heavy atom. The van der Waals surface area contributed by atoms with Gasteiger partial charge < -0.3 is 10.4 Å². The van der Waals surface area contributed by atoms with Crippen LogP contribution in [0.15, 0.2) is 24.5 Å². The van der Waals surface area contributed by atoms with Crippen molar-refractivity contribution in [2.24, 2.45) is 5.92 Å². The second-order valence-corrected chi connectivity index (χ2v) is 5.20. The first kappa shape index (κ1) is 18.4. The summed E-state index contributed by atoms with van der Waals surface area (Å²) in [6.07, 6.45) is -2.34. The molecule has 0 aromatic carbocycles. The van der Waals surface area contributed by atoms with Crippen molar-refractivity contribution in [1.82, 2.24) is 14.8 Å². The van der Waals surface area contributed by atoms with Crippen molar-refractivity contribution in [2.75, 3.05) is 18.5 Å². The maximum absolute atomic E-state index is 12.7. The van der Waals surface area contributed by atoms with E-state index in [2.05, 4.69) is 15.4 Å². The molecule has 2 aromatic heterocycles.